The zero-order chi connectivity index (χ0) is 12.3. The van der Waals surface area contributed by atoms with Gasteiger partial charge in [0.25, 0.3) is 0 Å². The van der Waals surface area contributed by atoms with Crippen LogP contribution in [-0.4, -0.2) is 46.8 Å². The van der Waals surface area contributed by atoms with Crippen LogP contribution in [0, 0.1) is 0 Å². The highest BCUT2D eigenvalue weighted by Gasteiger charge is 2.29. The van der Waals surface area contributed by atoms with Crippen molar-refractivity contribution in [1.29, 1.82) is 0 Å². The Kier molecular flexibility index (Phi) is 3.71. The molecule has 1 fully saturated rings. The lowest BCUT2D eigenvalue weighted by Crippen LogP contribution is -2.46. The third kappa shape index (κ3) is 2.81. The van der Waals surface area contributed by atoms with Crippen molar-refractivity contribution in [3.8, 4) is 0 Å². The average Bonchev–Trinajstić information content (AvgIpc) is 2.39. The van der Waals surface area contributed by atoms with Gasteiger partial charge in [-0.25, -0.2) is 4.79 Å². The first-order chi connectivity index (χ1) is 8.18. The molecule has 0 radical (unpaired) electrons. The molecule has 2 atom stereocenters. The van der Waals surface area contributed by atoms with E-state index in [1.54, 1.807) is 6.20 Å². The standard InChI is InChI=1S/C12H16N2O3/c1-9(10-4-2-3-5-13-10)14-6-7-17-11(8-14)12(15)16/h2-5,9,11H,6-8H2,1H3,(H,15,16). The van der Waals surface area contributed by atoms with Crippen molar-refractivity contribution in [2.24, 2.45) is 0 Å². The van der Waals surface area contributed by atoms with Gasteiger partial charge in [-0.1, -0.05) is 6.07 Å². The quantitative estimate of drug-likeness (QED) is 0.845. The van der Waals surface area contributed by atoms with Crippen LogP contribution >= 0.6 is 0 Å². The normalized spacial score (nSPS) is 23.2. The maximum absolute atomic E-state index is 10.9. The highest BCUT2D eigenvalue weighted by atomic mass is 16.5. The predicted octanol–water partition coefficient (Wildman–Crippen LogP) is 0.928. The molecular weight excluding hydrogens is 220 g/mol. The lowest BCUT2D eigenvalue weighted by atomic mass is 10.1. The molecule has 2 rings (SSSR count). The van der Waals surface area contributed by atoms with E-state index in [9.17, 15) is 4.79 Å². The molecule has 0 amide bonds. The molecule has 0 bridgehead atoms. The van der Waals surface area contributed by atoms with Gasteiger partial charge in [-0.05, 0) is 19.1 Å². The molecule has 5 nitrogen and oxygen atoms in total. The van der Waals surface area contributed by atoms with Gasteiger partial charge in [0.15, 0.2) is 6.10 Å². The van der Waals surface area contributed by atoms with E-state index in [-0.39, 0.29) is 6.04 Å². The van der Waals surface area contributed by atoms with Gasteiger partial charge in [0.2, 0.25) is 0 Å². The van der Waals surface area contributed by atoms with Crippen molar-refractivity contribution in [2.75, 3.05) is 19.7 Å². The second kappa shape index (κ2) is 5.25. The van der Waals surface area contributed by atoms with Crippen LogP contribution in [0.1, 0.15) is 18.7 Å². The fourth-order valence-corrected chi connectivity index (χ4v) is 1.98. The molecule has 2 unspecified atom stereocenters. The Hall–Kier alpha value is -1.46. The van der Waals surface area contributed by atoms with Gasteiger partial charge < -0.3 is 9.84 Å². The summed E-state index contributed by atoms with van der Waals surface area (Å²) in [5.41, 5.74) is 0.957. The van der Waals surface area contributed by atoms with Crippen LogP contribution in [0.3, 0.4) is 0 Å². The highest BCUT2D eigenvalue weighted by Crippen LogP contribution is 2.20. The summed E-state index contributed by atoms with van der Waals surface area (Å²) >= 11 is 0. The molecule has 1 aliphatic heterocycles. The number of aliphatic carboxylic acids is 1. The van der Waals surface area contributed by atoms with Crippen LogP contribution in [0.25, 0.3) is 0 Å². The Labute approximate surface area is 100 Å². The SMILES string of the molecule is CC(c1ccccn1)N1CCOC(C(=O)O)C1. The molecule has 0 saturated carbocycles. The minimum absolute atomic E-state index is 0.113. The highest BCUT2D eigenvalue weighted by molar-refractivity contribution is 5.72. The largest absolute Gasteiger partial charge is 0.479 e. The van der Waals surface area contributed by atoms with Crippen LogP contribution in [0.15, 0.2) is 24.4 Å². The maximum Gasteiger partial charge on any atom is 0.334 e. The average molecular weight is 236 g/mol. The number of nitrogens with zero attached hydrogens (tertiary/aromatic N) is 2. The van der Waals surface area contributed by atoms with Gasteiger partial charge in [0.1, 0.15) is 0 Å². The fraction of sp³-hybridized carbons (Fsp3) is 0.500. The first kappa shape index (κ1) is 12.0. The van der Waals surface area contributed by atoms with Crippen LogP contribution in [-0.2, 0) is 9.53 Å². The zero-order valence-corrected chi connectivity index (χ0v) is 9.74. The molecular formula is C12H16N2O3. The topological polar surface area (TPSA) is 62.7 Å². The molecule has 0 aliphatic carbocycles. The number of hydrogen-bond acceptors (Lipinski definition) is 4. The number of ether oxygens (including phenoxy) is 1. The first-order valence-corrected chi connectivity index (χ1v) is 5.68. The van der Waals surface area contributed by atoms with Crippen molar-refractivity contribution in [2.45, 2.75) is 19.1 Å². The summed E-state index contributed by atoms with van der Waals surface area (Å²) in [6.07, 6.45) is 1.02. The number of carboxylic acids is 1. The first-order valence-electron chi connectivity index (χ1n) is 5.68. The lowest BCUT2D eigenvalue weighted by Gasteiger charge is -2.34. The maximum atomic E-state index is 10.9. The molecule has 1 aromatic heterocycles. The lowest BCUT2D eigenvalue weighted by molar-refractivity contribution is -0.157. The van der Waals surface area contributed by atoms with Crippen LogP contribution in [0.2, 0.25) is 0 Å². The van der Waals surface area contributed by atoms with Crippen molar-refractivity contribution in [3.63, 3.8) is 0 Å². The van der Waals surface area contributed by atoms with Crippen LogP contribution < -0.4 is 0 Å². The summed E-state index contributed by atoms with van der Waals surface area (Å²) in [6.45, 7) is 3.63. The monoisotopic (exact) mass is 236 g/mol. The number of morpholine rings is 1. The van der Waals surface area contributed by atoms with Crippen molar-refractivity contribution >= 4 is 5.97 Å². The summed E-state index contributed by atoms with van der Waals surface area (Å²) in [6, 6.07) is 5.88. The molecule has 1 aromatic rings. The number of aromatic nitrogens is 1. The van der Waals surface area contributed by atoms with Crippen molar-refractivity contribution in [1.82, 2.24) is 9.88 Å². The van der Waals surface area contributed by atoms with Crippen molar-refractivity contribution < 1.29 is 14.6 Å². The smallest absolute Gasteiger partial charge is 0.334 e. The zero-order valence-electron chi connectivity index (χ0n) is 9.74. The van der Waals surface area contributed by atoms with E-state index >= 15 is 0 Å². The van der Waals surface area contributed by atoms with Gasteiger partial charge in [-0.3, -0.25) is 9.88 Å². The van der Waals surface area contributed by atoms with Crippen molar-refractivity contribution in [3.05, 3.63) is 30.1 Å². The number of pyridine rings is 1. The summed E-state index contributed by atoms with van der Waals surface area (Å²) in [5, 5.41) is 8.94. The second-order valence-electron chi connectivity index (χ2n) is 4.12. The third-order valence-electron chi connectivity index (χ3n) is 3.04. The molecule has 92 valence electrons. The molecule has 5 heteroatoms. The molecule has 0 aromatic carbocycles. The van der Waals surface area contributed by atoms with E-state index in [4.69, 9.17) is 9.84 Å². The predicted molar refractivity (Wildman–Crippen MR) is 61.6 cm³/mol. The Balaban J connectivity index is 2.05. The minimum Gasteiger partial charge on any atom is -0.479 e. The van der Waals surface area contributed by atoms with E-state index in [1.807, 2.05) is 25.1 Å². The van der Waals surface area contributed by atoms with Gasteiger partial charge in [0, 0.05) is 25.3 Å². The van der Waals surface area contributed by atoms with Crippen LogP contribution in [0.5, 0.6) is 0 Å². The Bertz CT molecular complexity index is 383. The van der Waals surface area contributed by atoms with E-state index in [0.29, 0.717) is 13.2 Å². The van der Waals surface area contributed by atoms with Gasteiger partial charge in [-0.2, -0.15) is 0 Å². The van der Waals surface area contributed by atoms with E-state index < -0.39 is 12.1 Å². The molecule has 17 heavy (non-hydrogen) atoms. The molecule has 2 heterocycles. The summed E-state index contributed by atoms with van der Waals surface area (Å²) in [4.78, 5) is 17.3. The third-order valence-corrected chi connectivity index (χ3v) is 3.04. The van der Waals surface area contributed by atoms with Gasteiger partial charge >= 0.3 is 5.97 Å². The van der Waals surface area contributed by atoms with E-state index in [0.717, 1.165) is 12.2 Å². The molecule has 1 aliphatic rings. The Morgan fingerprint density at radius 2 is 2.47 bits per heavy atom. The molecule has 1 N–H and O–H groups in total. The number of carbonyl (C=O) groups is 1. The van der Waals surface area contributed by atoms with E-state index in [1.165, 1.54) is 0 Å². The fourth-order valence-electron chi connectivity index (χ4n) is 1.98. The van der Waals surface area contributed by atoms with E-state index in [2.05, 4.69) is 9.88 Å². The van der Waals surface area contributed by atoms with Gasteiger partial charge in [-0.15, -0.1) is 0 Å². The van der Waals surface area contributed by atoms with Crippen LogP contribution in [0.4, 0.5) is 0 Å². The Morgan fingerprint density at radius 3 is 3.12 bits per heavy atom. The minimum atomic E-state index is -0.900. The number of rotatable bonds is 3. The van der Waals surface area contributed by atoms with Gasteiger partial charge in [0.05, 0.1) is 12.3 Å². The molecule has 0 spiro atoms. The number of carboxylic acid groups (broad SMARTS) is 1. The summed E-state index contributed by atoms with van der Waals surface area (Å²) in [5.74, 6) is -0.900. The second-order valence-corrected chi connectivity index (χ2v) is 4.12. The Morgan fingerprint density at radius 1 is 1.65 bits per heavy atom. The molecule has 1 saturated heterocycles. The summed E-state index contributed by atoms with van der Waals surface area (Å²) in [7, 11) is 0. The summed E-state index contributed by atoms with van der Waals surface area (Å²) < 4.78 is 5.19. The number of hydrogen-bond donors (Lipinski definition) is 1.